The Morgan fingerprint density at radius 1 is 1.13 bits per heavy atom. The summed E-state index contributed by atoms with van der Waals surface area (Å²) < 4.78 is 6.99. The van der Waals surface area contributed by atoms with Crippen LogP contribution in [0.1, 0.15) is 63.9 Å². The number of aromatic nitrogens is 2. The average Bonchev–Trinajstić information content (AvgIpc) is 2.70. The molecule has 2 rings (SSSR count). The summed E-state index contributed by atoms with van der Waals surface area (Å²) >= 11 is 0. The summed E-state index contributed by atoms with van der Waals surface area (Å²) in [4.78, 5) is 29.5. The highest BCUT2D eigenvalue weighted by Crippen LogP contribution is 2.13. The van der Waals surface area contributed by atoms with Crippen LogP contribution in [0, 0.1) is 11.8 Å². The van der Waals surface area contributed by atoms with E-state index < -0.39 is 5.69 Å². The van der Waals surface area contributed by atoms with Crippen LogP contribution in [-0.2, 0) is 24.3 Å². The number of rotatable bonds is 9. The van der Waals surface area contributed by atoms with Gasteiger partial charge in [-0.25, -0.2) is 4.79 Å². The van der Waals surface area contributed by atoms with Gasteiger partial charge in [0.15, 0.2) is 0 Å². The summed E-state index contributed by atoms with van der Waals surface area (Å²) in [6, 6.07) is 8.84. The van der Waals surface area contributed by atoms with Gasteiger partial charge in [0.1, 0.15) is 6.73 Å². The molecule has 0 bridgehead atoms. The zero-order valence-electron chi connectivity index (χ0n) is 19.6. The minimum absolute atomic E-state index is 0.119. The van der Waals surface area contributed by atoms with Crippen molar-refractivity contribution in [3.63, 3.8) is 0 Å². The van der Waals surface area contributed by atoms with Gasteiger partial charge in [0.25, 0.3) is 5.56 Å². The molecular weight excluding hydrogens is 390 g/mol. The Labute approximate surface area is 185 Å². The highest BCUT2D eigenvalue weighted by Gasteiger charge is 2.15. The van der Waals surface area contributed by atoms with Crippen LogP contribution in [0.5, 0.6) is 0 Å². The number of nitrogens with zero attached hydrogens (tertiary/aromatic N) is 2. The largest absolute Gasteiger partial charge is 0.361 e. The van der Waals surface area contributed by atoms with E-state index >= 15 is 0 Å². The van der Waals surface area contributed by atoms with Crippen molar-refractivity contribution in [1.82, 2.24) is 14.5 Å². The van der Waals surface area contributed by atoms with Gasteiger partial charge in [-0.1, -0.05) is 30.9 Å². The Bertz CT molecular complexity index is 1030. The summed E-state index contributed by atoms with van der Waals surface area (Å²) in [6.07, 6.45) is 1.01. The Balaban J connectivity index is 2.34. The molecule has 0 aliphatic carbocycles. The van der Waals surface area contributed by atoms with Crippen molar-refractivity contribution in [2.45, 2.75) is 73.2 Å². The van der Waals surface area contributed by atoms with Gasteiger partial charge in [-0.2, -0.15) is 0 Å². The van der Waals surface area contributed by atoms with Crippen molar-refractivity contribution in [3.05, 3.63) is 67.5 Å². The number of nitrogens with one attached hydrogen (secondary N) is 1. The topological polar surface area (TPSA) is 67.3 Å². The molecule has 0 spiro atoms. The van der Waals surface area contributed by atoms with Gasteiger partial charge in [0, 0.05) is 41.9 Å². The van der Waals surface area contributed by atoms with Gasteiger partial charge in [-0.05, 0) is 58.7 Å². The second-order valence-electron chi connectivity index (χ2n) is 8.13. The van der Waals surface area contributed by atoms with E-state index in [2.05, 4.69) is 49.4 Å². The molecule has 0 saturated carbocycles. The molecular formula is C25H35N3O3. The van der Waals surface area contributed by atoms with Gasteiger partial charge in [0.2, 0.25) is 0 Å². The fourth-order valence-electron chi connectivity index (χ4n) is 3.69. The molecule has 6 nitrogen and oxygen atoms in total. The minimum Gasteiger partial charge on any atom is -0.361 e. The number of ether oxygens (including phenoxy) is 1. The van der Waals surface area contributed by atoms with E-state index in [0.29, 0.717) is 49.3 Å². The van der Waals surface area contributed by atoms with Crippen LogP contribution in [0.15, 0.2) is 33.9 Å². The summed E-state index contributed by atoms with van der Waals surface area (Å²) in [5.74, 6) is 6.54. The molecule has 6 heteroatoms. The monoisotopic (exact) mass is 425 g/mol. The van der Waals surface area contributed by atoms with Crippen LogP contribution in [0.4, 0.5) is 0 Å². The van der Waals surface area contributed by atoms with E-state index in [1.165, 1.54) is 4.57 Å². The van der Waals surface area contributed by atoms with Crippen molar-refractivity contribution in [2.75, 3.05) is 13.2 Å². The van der Waals surface area contributed by atoms with E-state index in [9.17, 15) is 9.59 Å². The molecule has 0 saturated heterocycles. The lowest BCUT2D eigenvalue weighted by Crippen LogP contribution is -2.37. The van der Waals surface area contributed by atoms with Gasteiger partial charge in [-0.15, -0.1) is 0 Å². The molecule has 1 heterocycles. The molecule has 0 aliphatic rings. The van der Waals surface area contributed by atoms with Crippen molar-refractivity contribution < 1.29 is 4.74 Å². The Kier molecular flexibility index (Phi) is 9.29. The summed E-state index contributed by atoms with van der Waals surface area (Å²) in [7, 11) is 0. The lowest BCUT2D eigenvalue weighted by Gasteiger charge is -2.28. The maximum atomic E-state index is 12.4. The van der Waals surface area contributed by atoms with Crippen molar-refractivity contribution in [1.29, 1.82) is 0 Å². The SMILES string of the molecule is CCOCn1c(Cc2cccc(C#CCN(C(C)C)C(C)C)c2)c(CC)c(=O)[nH]c1=O. The van der Waals surface area contributed by atoms with Gasteiger partial charge < -0.3 is 4.74 Å². The molecule has 31 heavy (non-hydrogen) atoms. The Morgan fingerprint density at radius 3 is 2.45 bits per heavy atom. The Morgan fingerprint density at radius 2 is 1.84 bits per heavy atom. The zero-order chi connectivity index (χ0) is 23.0. The number of H-pyrrole nitrogens is 1. The molecule has 0 amide bonds. The molecule has 168 valence electrons. The third-order valence-corrected chi connectivity index (χ3v) is 5.31. The van der Waals surface area contributed by atoms with E-state index in [-0.39, 0.29) is 12.3 Å². The predicted molar refractivity (Wildman–Crippen MR) is 125 cm³/mol. The highest BCUT2D eigenvalue weighted by atomic mass is 16.5. The maximum absolute atomic E-state index is 12.4. The Hall–Kier alpha value is -2.62. The van der Waals surface area contributed by atoms with E-state index in [1.807, 2.05) is 38.1 Å². The molecule has 0 unspecified atom stereocenters. The fourth-order valence-corrected chi connectivity index (χ4v) is 3.69. The molecule has 0 atom stereocenters. The number of hydrogen-bond acceptors (Lipinski definition) is 4. The standard InChI is InChI=1S/C25H35N3O3/c1-7-22-23(28(17-31-8-2)25(30)26-24(22)29)16-21-12-9-11-20(15-21)13-10-14-27(18(3)4)19(5)6/h9,11-12,15,18-19H,7-8,14,16-17H2,1-6H3,(H,26,29,30). The first kappa shape index (κ1) is 24.6. The third kappa shape index (κ3) is 6.68. The van der Waals surface area contributed by atoms with Crippen LogP contribution >= 0.6 is 0 Å². The normalized spacial score (nSPS) is 11.3. The second kappa shape index (κ2) is 11.7. The van der Waals surface area contributed by atoms with Crippen LogP contribution in [0.2, 0.25) is 0 Å². The van der Waals surface area contributed by atoms with Crippen LogP contribution in [0.25, 0.3) is 0 Å². The number of benzene rings is 1. The van der Waals surface area contributed by atoms with E-state index in [0.717, 1.165) is 11.1 Å². The molecule has 0 radical (unpaired) electrons. The maximum Gasteiger partial charge on any atom is 0.330 e. The van der Waals surface area contributed by atoms with Gasteiger partial charge >= 0.3 is 5.69 Å². The number of aromatic amines is 1. The van der Waals surface area contributed by atoms with Crippen molar-refractivity contribution in [3.8, 4) is 11.8 Å². The van der Waals surface area contributed by atoms with Gasteiger partial charge in [-0.3, -0.25) is 19.2 Å². The predicted octanol–water partition coefficient (Wildman–Crippen LogP) is 3.15. The van der Waals surface area contributed by atoms with Crippen LogP contribution < -0.4 is 11.2 Å². The average molecular weight is 426 g/mol. The lowest BCUT2D eigenvalue weighted by atomic mass is 10.0. The highest BCUT2D eigenvalue weighted by molar-refractivity contribution is 5.39. The van der Waals surface area contributed by atoms with Gasteiger partial charge in [0.05, 0.1) is 6.54 Å². The van der Waals surface area contributed by atoms with Crippen LogP contribution in [0.3, 0.4) is 0 Å². The molecule has 2 aromatic rings. The molecule has 1 aromatic carbocycles. The van der Waals surface area contributed by atoms with Crippen molar-refractivity contribution in [2.24, 2.45) is 0 Å². The fraction of sp³-hybridized carbons (Fsp3) is 0.520. The molecule has 0 fully saturated rings. The first-order valence-electron chi connectivity index (χ1n) is 11.0. The van der Waals surface area contributed by atoms with Crippen molar-refractivity contribution >= 4 is 0 Å². The van der Waals surface area contributed by atoms with Crippen LogP contribution in [-0.4, -0.2) is 39.7 Å². The molecule has 0 aliphatic heterocycles. The quantitative estimate of drug-likeness (QED) is 0.627. The van der Waals surface area contributed by atoms with E-state index in [4.69, 9.17) is 4.74 Å². The third-order valence-electron chi connectivity index (χ3n) is 5.31. The van der Waals surface area contributed by atoms with E-state index in [1.54, 1.807) is 0 Å². The molecule has 1 N–H and O–H groups in total. The zero-order valence-corrected chi connectivity index (χ0v) is 19.6. The summed E-state index contributed by atoms with van der Waals surface area (Å²) in [5, 5.41) is 0. The second-order valence-corrected chi connectivity index (χ2v) is 8.13. The lowest BCUT2D eigenvalue weighted by molar-refractivity contribution is 0.0822. The molecule has 1 aromatic heterocycles. The smallest absolute Gasteiger partial charge is 0.330 e. The minimum atomic E-state index is -0.441. The summed E-state index contributed by atoms with van der Waals surface area (Å²) in [6.45, 7) is 13.8. The first-order chi connectivity index (χ1) is 14.8. The first-order valence-corrected chi connectivity index (χ1v) is 11.0. The number of hydrogen-bond donors (Lipinski definition) is 1. The summed E-state index contributed by atoms with van der Waals surface area (Å²) in [5.41, 5.74) is 2.46.